The van der Waals surface area contributed by atoms with Gasteiger partial charge in [-0.3, -0.25) is 0 Å². The Morgan fingerprint density at radius 3 is 2.76 bits per heavy atom. The Hall–Kier alpha value is -1.50. The lowest BCUT2D eigenvalue weighted by Gasteiger charge is -2.27. The molecule has 0 atom stereocenters. The predicted molar refractivity (Wildman–Crippen MR) is 65.1 cm³/mol. The predicted octanol–water partition coefficient (Wildman–Crippen LogP) is 0.737. The quantitative estimate of drug-likeness (QED) is 0.853. The van der Waals surface area contributed by atoms with E-state index in [1.807, 2.05) is 16.7 Å². The number of methoxy groups -OCH3 is 1. The highest BCUT2D eigenvalue weighted by molar-refractivity contribution is 7.99. The number of hydrogen-bond donors (Lipinski definition) is 1. The zero-order chi connectivity index (χ0) is 12.3. The summed E-state index contributed by atoms with van der Waals surface area (Å²) in [5.41, 5.74) is 0.0516. The van der Waals surface area contributed by atoms with Crippen LogP contribution in [0, 0.1) is 0 Å². The van der Waals surface area contributed by atoms with Crippen molar-refractivity contribution in [3.8, 4) is 5.88 Å². The minimum atomic E-state index is -1.05. The molecule has 2 rings (SSSR count). The number of nitrogens with zero attached hydrogens (tertiary/aromatic N) is 3. The number of anilines is 1. The van der Waals surface area contributed by atoms with Crippen molar-refractivity contribution in [1.82, 2.24) is 10.2 Å². The number of aromatic nitrogens is 2. The smallest absolute Gasteiger partial charge is 0.341 e. The zero-order valence-corrected chi connectivity index (χ0v) is 10.2. The van der Waals surface area contributed by atoms with Crippen molar-refractivity contribution in [3.05, 3.63) is 11.6 Å². The Bertz CT molecular complexity index is 421. The highest BCUT2D eigenvalue weighted by atomic mass is 32.2. The maximum atomic E-state index is 11.0. The Morgan fingerprint density at radius 2 is 2.18 bits per heavy atom. The lowest BCUT2D eigenvalue weighted by Crippen LogP contribution is -2.33. The normalized spacial score (nSPS) is 15.7. The Kier molecular flexibility index (Phi) is 3.68. The summed E-state index contributed by atoms with van der Waals surface area (Å²) in [7, 11) is 1.38. The maximum Gasteiger partial charge on any atom is 0.341 e. The van der Waals surface area contributed by atoms with Gasteiger partial charge in [-0.25, -0.2) is 4.79 Å². The first-order valence-electron chi connectivity index (χ1n) is 5.20. The van der Waals surface area contributed by atoms with Crippen molar-refractivity contribution in [3.63, 3.8) is 0 Å². The number of ether oxygens (including phenoxy) is 1. The number of hydrogen-bond acceptors (Lipinski definition) is 6. The molecule has 0 spiro atoms. The van der Waals surface area contributed by atoms with E-state index >= 15 is 0 Å². The molecule has 0 radical (unpaired) electrons. The molecule has 1 fully saturated rings. The van der Waals surface area contributed by atoms with Crippen LogP contribution < -0.4 is 9.64 Å². The average Bonchev–Trinajstić information content (AvgIpc) is 2.39. The highest BCUT2D eigenvalue weighted by Gasteiger charge is 2.18. The summed E-state index contributed by atoms with van der Waals surface area (Å²) in [4.78, 5) is 13.1. The molecular formula is C10H13N3O3S. The average molecular weight is 255 g/mol. The number of carboxylic acids is 1. The van der Waals surface area contributed by atoms with E-state index in [2.05, 4.69) is 10.2 Å². The van der Waals surface area contributed by atoms with Gasteiger partial charge >= 0.3 is 5.97 Å². The van der Waals surface area contributed by atoms with E-state index in [-0.39, 0.29) is 11.4 Å². The Balaban J connectivity index is 2.29. The van der Waals surface area contributed by atoms with E-state index in [1.165, 1.54) is 13.2 Å². The summed E-state index contributed by atoms with van der Waals surface area (Å²) in [5, 5.41) is 16.8. The van der Waals surface area contributed by atoms with Gasteiger partial charge in [0.15, 0.2) is 5.82 Å². The van der Waals surface area contributed by atoms with Crippen LogP contribution in [0.15, 0.2) is 6.07 Å². The number of carboxylic acid groups (broad SMARTS) is 1. The van der Waals surface area contributed by atoms with Crippen LogP contribution >= 0.6 is 11.8 Å². The molecule has 1 aromatic heterocycles. The van der Waals surface area contributed by atoms with Crippen LogP contribution in [0.5, 0.6) is 5.88 Å². The molecule has 17 heavy (non-hydrogen) atoms. The number of rotatable bonds is 3. The minimum Gasteiger partial charge on any atom is -0.479 e. The van der Waals surface area contributed by atoms with Crippen LogP contribution in [0.3, 0.4) is 0 Å². The molecule has 0 aromatic carbocycles. The third-order valence-corrected chi connectivity index (χ3v) is 3.45. The van der Waals surface area contributed by atoms with Gasteiger partial charge in [-0.1, -0.05) is 0 Å². The van der Waals surface area contributed by atoms with Crippen molar-refractivity contribution in [2.75, 3.05) is 36.6 Å². The highest BCUT2D eigenvalue weighted by Crippen LogP contribution is 2.21. The van der Waals surface area contributed by atoms with Crippen molar-refractivity contribution < 1.29 is 14.6 Å². The molecule has 1 aromatic rings. The molecule has 0 saturated carbocycles. The zero-order valence-electron chi connectivity index (χ0n) is 9.42. The van der Waals surface area contributed by atoms with Gasteiger partial charge in [0.25, 0.3) is 0 Å². The second kappa shape index (κ2) is 5.22. The fourth-order valence-corrected chi connectivity index (χ4v) is 2.52. The van der Waals surface area contributed by atoms with Gasteiger partial charge in [0.2, 0.25) is 5.88 Å². The van der Waals surface area contributed by atoms with Crippen LogP contribution in [0.25, 0.3) is 0 Å². The summed E-state index contributed by atoms with van der Waals surface area (Å²) < 4.78 is 4.87. The third kappa shape index (κ3) is 2.60. The molecule has 1 N–H and O–H groups in total. The molecule has 0 amide bonds. The standard InChI is InChI=1S/C10H13N3O3S/c1-16-9-7(10(14)15)6-8(11-12-9)13-2-4-17-5-3-13/h6H,2-5H2,1H3,(H,14,15). The Labute approximate surface area is 103 Å². The summed E-state index contributed by atoms with van der Waals surface area (Å²) in [5.74, 6) is 1.65. The molecule has 92 valence electrons. The second-order valence-corrected chi connectivity index (χ2v) is 4.75. The molecule has 1 aliphatic heterocycles. The molecule has 2 heterocycles. The lowest BCUT2D eigenvalue weighted by atomic mass is 10.3. The molecule has 0 unspecified atom stereocenters. The first kappa shape index (κ1) is 12.0. The summed E-state index contributed by atoms with van der Waals surface area (Å²) >= 11 is 1.88. The van der Waals surface area contributed by atoms with Crippen molar-refractivity contribution in [2.24, 2.45) is 0 Å². The molecular weight excluding hydrogens is 242 g/mol. The summed E-state index contributed by atoms with van der Waals surface area (Å²) in [6, 6.07) is 1.52. The van der Waals surface area contributed by atoms with Gasteiger partial charge in [-0.2, -0.15) is 11.8 Å². The first-order valence-corrected chi connectivity index (χ1v) is 6.35. The second-order valence-electron chi connectivity index (χ2n) is 3.53. The van der Waals surface area contributed by atoms with Gasteiger partial charge in [-0.15, -0.1) is 10.2 Å². The minimum absolute atomic E-state index is 0.0487. The SMILES string of the molecule is COc1nnc(N2CCSCC2)cc1C(=O)O. The van der Waals surface area contributed by atoms with Crippen LogP contribution in [-0.4, -0.2) is 53.0 Å². The van der Waals surface area contributed by atoms with Crippen molar-refractivity contribution >= 4 is 23.5 Å². The van der Waals surface area contributed by atoms with E-state index < -0.39 is 5.97 Å². The van der Waals surface area contributed by atoms with Crippen LogP contribution in [0.2, 0.25) is 0 Å². The summed E-state index contributed by atoms with van der Waals surface area (Å²) in [6.45, 7) is 1.73. The van der Waals surface area contributed by atoms with E-state index in [4.69, 9.17) is 9.84 Å². The van der Waals surface area contributed by atoms with E-state index in [1.54, 1.807) is 0 Å². The van der Waals surface area contributed by atoms with Gasteiger partial charge in [-0.05, 0) is 0 Å². The maximum absolute atomic E-state index is 11.0. The topological polar surface area (TPSA) is 75.6 Å². The molecule has 0 bridgehead atoms. The van der Waals surface area contributed by atoms with E-state index in [0.717, 1.165) is 24.6 Å². The molecule has 1 saturated heterocycles. The molecule has 0 aliphatic carbocycles. The molecule has 7 heteroatoms. The van der Waals surface area contributed by atoms with Crippen molar-refractivity contribution in [2.45, 2.75) is 0 Å². The lowest BCUT2D eigenvalue weighted by molar-refractivity contribution is 0.0692. The monoisotopic (exact) mass is 255 g/mol. The van der Waals surface area contributed by atoms with Crippen molar-refractivity contribution in [1.29, 1.82) is 0 Å². The van der Waals surface area contributed by atoms with Gasteiger partial charge in [0, 0.05) is 30.7 Å². The van der Waals surface area contributed by atoms with Crippen LogP contribution in [-0.2, 0) is 0 Å². The van der Waals surface area contributed by atoms with Crippen LogP contribution in [0.1, 0.15) is 10.4 Å². The van der Waals surface area contributed by atoms with Gasteiger partial charge < -0.3 is 14.7 Å². The van der Waals surface area contributed by atoms with Gasteiger partial charge in [0.1, 0.15) is 5.56 Å². The summed E-state index contributed by atoms with van der Waals surface area (Å²) in [6.07, 6.45) is 0. The first-order chi connectivity index (χ1) is 8.22. The molecule has 1 aliphatic rings. The largest absolute Gasteiger partial charge is 0.479 e. The van der Waals surface area contributed by atoms with Gasteiger partial charge in [0.05, 0.1) is 7.11 Å². The number of thioether (sulfide) groups is 1. The van der Waals surface area contributed by atoms with Crippen LogP contribution in [0.4, 0.5) is 5.82 Å². The fraction of sp³-hybridized carbons (Fsp3) is 0.500. The third-order valence-electron chi connectivity index (χ3n) is 2.51. The number of carbonyl (C=O) groups is 1. The Morgan fingerprint density at radius 1 is 1.47 bits per heavy atom. The fourth-order valence-electron chi connectivity index (χ4n) is 1.62. The van der Waals surface area contributed by atoms with E-state index in [0.29, 0.717) is 5.82 Å². The molecule has 6 nitrogen and oxygen atoms in total. The van der Waals surface area contributed by atoms with E-state index in [9.17, 15) is 4.79 Å². The number of aromatic carboxylic acids is 1.